The van der Waals surface area contributed by atoms with Crippen LogP contribution in [-0.2, 0) is 4.79 Å². The summed E-state index contributed by atoms with van der Waals surface area (Å²) in [6, 6.07) is 0.261. The molecule has 0 radical (unpaired) electrons. The van der Waals surface area contributed by atoms with Gasteiger partial charge in [-0.05, 0) is 27.7 Å². The van der Waals surface area contributed by atoms with Gasteiger partial charge in [-0.25, -0.2) is 0 Å². The van der Waals surface area contributed by atoms with Gasteiger partial charge in [-0.1, -0.05) is 0 Å². The molecule has 0 aliphatic heterocycles. The minimum Gasteiger partial charge on any atom is -0.461 e. The molecule has 118 valence electrons. The molecule has 0 aliphatic rings. The molecular formula is C13H24N6O2. The fraction of sp³-hybridized carbons (Fsp3) is 0.692. The lowest BCUT2D eigenvalue weighted by molar-refractivity contribution is -0.120. The molecule has 3 N–H and O–H groups in total. The third kappa shape index (κ3) is 6.73. The summed E-state index contributed by atoms with van der Waals surface area (Å²) < 4.78 is 5.49. The Morgan fingerprint density at radius 1 is 1.10 bits per heavy atom. The third-order valence-electron chi connectivity index (χ3n) is 2.30. The summed E-state index contributed by atoms with van der Waals surface area (Å²) >= 11 is 0. The first-order chi connectivity index (χ1) is 10.0. The van der Waals surface area contributed by atoms with E-state index in [9.17, 15) is 4.79 Å². The summed E-state index contributed by atoms with van der Waals surface area (Å²) in [5, 5.41) is 8.75. The van der Waals surface area contributed by atoms with Gasteiger partial charge in [0, 0.05) is 26.1 Å². The van der Waals surface area contributed by atoms with Crippen molar-refractivity contribution in [3.05, 3.63) is 0 Å². The van der Waals surface area contributed by atoms with Gasteiger partial charge < -0.3 is 20.7 Å². The molecule has 0 bridgehead atoms. The van der Waals surface area contributed by atoms with Crippen molar-refractivity contribution in [1.29, 1.82) is 0 Å². The number of nitrogens with zero attached hydrogens (tertiary/aromatic N) is 3. The average Bonchev–Trinajstić information content (AvgIpc) is 2.38. The molecule has 0 fully saturated rings. The van der Waals surface area contributed by atoms with Crippen LogP contribution in [0.15, 0.2) is 0 Å². The van der Waals surface area contributed by atoms with E-state index in [1.54, 1.807) is 0 Å². The molecule has 1 rings (SSSR count). The summed E-state index contributed by atoms with van der Waals surface area (Å²) in [5.74, 6) is 0.828. The highest BCUT2D eigenvalue weighted by atomic mass is 16.5. The lowest BCUT2D eigenvalue weighted by atomic mass is 10.4. The molecule has 0 saturated carbocycles. The summed E-state index contributed by atoms with van der Waals surface area (Å²) in [5.41, 5.74) is 0. The topological polar surface area (TPSA) is 101 Å². The minimum atomic E-state index is -0.0231. The van der Waals surface area contributed by atoms with E-state index >= 15 is 0 Å². The van der Waals surface area contributed by atoms with Crippen molar-refractivity contribution in [2.45, 2.75) is 40.2 Å². The highest BCUT2D eigenvalue weighted by Gasteiger charge is 2.09. The molecule has 1 heterocycles. The molecule has 1 aromatic heterocycles. The molecule has 1 amide bonds. The maximum Gasteiger partial charge on any atom is 0.323 e. The lowest BCUT2D eigenvalue weighted by Gasteiger charge is -2.11. The zero-order valence-electron chi connectivity index (χ0n) is 13.1. The van der Waals surface area contributed by atoms with Crippen LogP contribution in [-0.4, -0.2) is 46.6 Å². The Hall–Kier alpha value is -2.12. The van der Waals surface area contributed by atoms with Crippen molar-refractivity contribution in [1.82, 2.24) is 20.3 Å². The molecule has 0 spiro atoms. The van der Waals surface area contributed by atoms with Gasteiger partial charge in [0.1, 0.15) is 0 Å². The fourth-order valence-electron chi connectivity index (χ4n) is 1.51. The molecule has 1 aromatic rings. The van der Waals surface area contributed by atoms with Gasteiger partial charge in [-0.3, -0.25) is 4.79 Å². The van der Waals surface area contributed by atoms with Crippen molar-refractivity contribution in [3.8, 4) is 6.01 Å². The Morgan fingerprint density at radius 3 is 2.33 bits per heavy atom. The van der Waals surface area contributed by atoms with E-state index in [1.807, 2.05) is 27.7 Å². The second kappa shape index (κ2) is 8.93. The number of carbonyl (C=O) groups excluding carboxylic acids is 1. The summed E-state index contributed by atoms with van der Waals surface area (Å²) in [6.07, 6.45) is 0.334. The van der Waals surface area contributed by atoms with Crippen molar-refractivity contribution in [2.75, 3.05) is 30.3 Å². The maximum atomic E-state index is 11.4. The van der Waals surface area contributed by atoms with E-state index in [0.717, 1.165) is 0 Å². The number of hydrogen-bond acceptors (Lipinski definition) is 7. The Balaban J connectivity index is 2.66. The van der Waals surface area contributed by atoms with Gasteiger partial charge in [0.15, 0.2) is 0 Å². The quantitative estimate of drug-likeness (QED) is 0.625. The van der Waals surface area contributed by atoms with E-state index in [0.29, 0.717) is 38.0 Å². The zero-order chi connectivity index (χ0) is 15.7. The number of anilines is 2. The Labute approximate surface area is 125 Å². The molecule has 8 heteroatoms. The molecule has 21 heavy (non-hydrogen) atoms. The molecule has 0 aromatic carbocycles. The Morgan fingerprint density at radius 2 is 1.76 bits per heavy atom. The second-order valence-electron chi connectivity index (χ2n) is 4.59. The number of amides is 1. The third-order valence-corrected chi connectivity index (χ3v) is 2.30. The number of ether oxygens (including phenoxy) is 1. The van der Waals surface area contributed by atoms with Gasteiger partial charge in [-0.15, -0.1) is 0 Å². The van der Waals surface area contributed by atoms with Gasteiger partial charge in [0.05, 0.1) is 6.10 Å². The van der Waals surface area contributed by atoms with Gasteiger partial charge in [0.2, 0.25) is 17.8 Å². The predicted molar refractivity (Wildman–Crippen MR) is 81.5 cm³/mol. The van der Waals surface area contributed by atoms with Crippen molar-refractivity contribution < 1.29 is 9.53 Å². The van der Waals surface area contributed by atoms with Crippen LogP contribution in [0.1, 0.15) is 34.1 Å². The van der Waals surface area contributed by atoms with E-state index in [1.165, 1.54) is 0 Å². The van der Waals surface area contributed by atoms with Crippen LogP contribution >= 0.6 is 0 Å². The monoisotopic (exact) mass is 296 g/mol. The molecule has 0 atom stereocenters. The molecule has 0 aliphatic carbocycles. The lowest BCUT2D eigenvalue weighted by Crippen LogP contribution is -2.25. The number of carbonyl (C=O) groups is 1. The second-order valence-corrected chi connectivity index (χ2v) is 4.59. The van der Waals surface area contributed by atoms with Crippen molar-refractivity contribution in [2.24, 2.45) is 0 Å². The van der Waals surface area contributed by atoms with Crippen LogP contribution < -0.4 is 20.7 Å². The number of hydrogen-bond donors (Lipinski definition) is 3. The first kappa shape index (κ1) is 16.9. The van der Waals surface area contributed by atoms with Crippen LogP contribution in [0.25, 0.3) is 0 Å². The number of nitrogens with one attached hydrogen (secondary N) is 3. The highest BCUT2D eigenvalue weighted by Crippen LogP contribution is 2.12. The number of aromatic nitrogens is 3. The zero-order valence-corrected chi connectivity index (χ0v) is 13.1. The van der Waals surface area contributed by atoms with Gasteiger partial charge >= 0.3 is 6.01 Å². The predicted octanol–water partition coefficient (Wildman–Crippen LogP) is 1.03. The van der Waals surface area contributed by atoms with Crippen LogP contribution in [0.4, 0.5) is 11.9 Å². The Kier molecular flexibility index (Phi) is 7.20. The molecule has 8 nitrogen and oxygen atoms in total. The first-order valence-electron chi connectivity index (χ1n) is 7.22. The molecule has 0 unspecified atom stereocenters. The highest BCUT2D eigenvalue weighted by molar-refractivity contribution is 5.76. The smallest absolute Gasteiger partial charge is 0.323 e. The SMILES string of the molecule is CCNC(=O)CCNc1nc(NCC)nc(OC(C)C)n1. The molecular weight excluding hydrogens is 272 g/mol. The normalized spacial score (nSPS) is 10.3. The van der Waals surface area contributed by atoms with Crippen LogP contribution in [0.3, 0.4) is 0 Å². The van der Waals surface area contributed by atoms with E-state index in [2.05, 4.69) is 30.9 Å². The number of rotatable bonds is 9. The summed E-state index contributed by atoms with van der Waals surface area (Å²) in [7, 11) is 0. The van der Waals surface area contributed by atoms with Crippen LogP contribution in [0.2, 0.25) is 0 Å². The van der Waals surface area contributed by atoms with Gasteiger partial charge in [0.25, 0.3) is 0 Å². The fourth-order valence-corrected chi connectivity index (χ4v) is 1.51. The van der Waals surface area contributed by atoms with Crippen molar-refractivity contribution >= 4 is 17.8 Å². The van der Waals surface area contributed by atoms with E-state index < -0.39 is 0 Å². The summed E-state index contributed by atoms with van der Waals surface area (Å²) in [4.78, 5) is 23.9. The summed E-state index contributed by atoms with van der Waals surface area (Å²) in [6.45, 7) is 9.41. The molecule has 0 saturated heterocycles. The first-order valence-corrected chi connectivity index (χ1v) is 7.22. The maximum absolute atomic E-state index is 11.4. The largest absolute Gasteiger partial charge is 0.461 e. The minimum absolute atomic E-state index is 0.00961. The van der Waals surface area contributed by atoms with E-state index in [-0.39, 0.29) is 18.0 Å². The van der Waals surface area contributed by atoms with Crippen molar-refractivity contribution in [3.63, 3.8) is 0 Å². The van der Waals surface area contributed by atoms with Crippen LogP contribution in [0.5, 0.6) is 6.01 Å². The standard InChI is InChI=1S/C13H24N6O2/c1-5-14-10(20)7-8-16-12-17-11(15-6-2)18-13(19-12)21-9(3)4/h9H,5-8H2,1-4H3,(H,14,20)(H2,15,16,17,18,19). The van der Waals surface area contributed by atoms with E-state index in [4.69, 9.17) is 4.74 Å². The average molecular weight is 296 g/mol. The van der Waals surface area contributed by atoms with Crippen LogP contribution in [0, 0.1) is 0 Å². The van der Waals surface area contributed by atoms with Gasteiger partial charge in [-0.2, -0.15) is 15.0 Å². The Bertz CT molecular complexity index is 452.